The standard InChI is InChI=1S/C5H7BO2/c6-5-3(7)1-2-4(5)8/h5H,1-2,6H2. The van der Waals surface area contributed by atoms with E-state index in [1.54, 1.807) is 7.85 Å². The summed E-state index contributed by atoms with van der Waals surface area (Å²) >= 11 is 0. The van der Waals surface area contributed by atoms with Gasteiger partial charge in [0.05, 0.1) is 0 Å². The Bertz CT molecular complexity index is 125. The van der Waals surface area contributed by atoms with E-state index in [-0.39, 0.29) is 17.4 Å². The lowest BCUT2D eigenvalue weighted by molar-refractivity contribution is -0.121. The van der Waals surface area contributed by atoms with Crippen LogP contribution in [0.3, 0.4) is 0 Å². The maximum Gasteiger partial charge on any atom is 0.135 e. The molecule has 0 amide bonds. The fourth-order valence-corrected chi connectivity index (χ4v) is 0.859. The zero-order valence-electron chi connectivity index (χ0n) is 4.81. The van der Waals surface area contributed by atoms with Gasteiger partial charge in [-0.2, -0.15) is 0 Å². The summed E-state index contributed by atoms with van der Waals surface area (Å²) in [7, 11) is 1.68. The molecule has 0 aromatic rings. The van der Waals surface area contributed by atoms with Crippen LogP contribution in [0.2, 0.25) is 5.82 Å². The van der Waals surface area contributed by atoms with Gasteiger partial charge in [0.2, 0.25) is 0 Å². The summed E-state index contributed by atoms with van der Waals surface area (Å²) in [6, 6.07) is 0. The lowest BCUT2D eigenvalue weighted by atomic mass is 9.85. The van der Waals surface area contributed by atoms with Gasteiger partial charge >= 0.3 is 0 Å². The molecule has 8 heavy (non-hydrogen) atoms. The Morgan fingerprint density at radius 1 is 1.25 bits per heavy atom. The van der Waals surface area contributed by atoms with Crippen LogP contribution in [0.4, 0.5) is 0 Å². The molecular formula is C5H7BO2. The van der Waals surface area contributed by atoms with Gasteiger partial charge in [0.1, 0.15) is 19.4 Å². The second kappa shape index (κ2) is 1.73. The van der Waals surface area contributed by atoms with Crippen LogP contribution in [0, 0.1) is 0 Å². The second-order valence-corrected chi connectivity index (χ2v) is 2.15. The third-order valence-corrected chi connectivity index (χ3v) is 1.58. The number of rotatable bonds is 0. The van der Waals surface area contributed by atoms with Crippen molar-refractivity contribution in [3.8, 4) is 0 Å². The Morgan fingerprint density at radius 3 is 1.75 bits per heavy atom. The van der Waals surface area contributed by atoms with Crippen LogP contribution in [-0.2, 0) is 9.59 Å². The van der Waals surface area contributed by atoms with Gasteiger partial charge in [0.15, 0.2) is 0 Å². The van der Waals surface area contributed by atoms with Crippen molar-refractivity contribution in [2.45, 2.75) is 18.7 Å². The minimum Gasteiger partial charge on any atom is -0.300 e. The summed E-state index contributed by atoms with van der Waals surface area (Å²) in [5.41, 5.74) is 0. The van der Waals surface area contributed by atoms with E-state index in [1.165, 1.54) is 0 Å². The number of hydrogen-bond acceptors (Lipinski definition) is 2. The van der Waals surface area contributed by atoms with Gasteiger partial charge in [-0.3, -0.25) is 9.59 Å². The van der Waals surface area contributed by atoms with Crippen LogP contribution in [-0.4, -0.2) is 19.4 Å². The zero-order valence-corrected chi connectivity index (χ0v) is 4.81. The van der Waals surface area contributed by atoms with Crippen LogP contribution in [0.5, 0.6) is 0 Å². The van der Waals surface area contributed by atoms with Gasteiger partial charge in [-0.15, -0.1) is 0 Å². The maximum absolute atomic E-state index is 10.6. The third-order valence-electron chi connectivity index (χ3n) is 1.58. The van der Waals surface area contributed by atoms with E-state index in [4.69, 9.17) is 0 Å². The highest BCUT2D eigenvalue weighted by molar-refractivity contribution is 6.39. The predicted octanol–water partition coefficient (Wildman–Crippen LogP) is -0.660. The average Bonchev–Trinajstić information content (AvgIpc) is 1.98. The van der Waals surface area contributed by atoms with Crippen molar-refractivity contribution in [1.29, 1.82) is 0 Å². The SMILES string of the molecule is BC1C(=O)CCC1=O. The molecule has 1 aliphatic rings. The van der Waals surface area contributed by atoms with Crippen LogP contribution in [0.1, 0.15) is 12.8 Å². The highest BCUT2D eigenvalue weighted by atomic mass is 16.2. The summed E-state index contributed by atoms with van der Waals surface area (Å²) < 4.78 is 0. The Morgan fingerprint density at radius 2 is 1.62 bits per heavy atom. The molecule has 0 aromatic heterocycles. The molecule has 0 N–H and O–H groups in total. The monoisotopic (exact) mass is 110 g/mol. The number of carbonyl (C=O) groups is 2. The first-order chi connectivity index (χ1) is 3.72. The molecule has 0 radical (unpaired) electrons. The van der Waals surface area contributed by atoms with Crippen LogP contribution >= 0.6 is 0 Å². The summed E-state index contributed by atoms with van der Waals surface area (Å²) in [5.74, 6) is -0.0833. The molecule has 1 fully saturated rings. The molecule has 3 heteroatoms. The van der Waals surface area contributed by atoms with Crippen molar-refractivity contribution in [3.63, 3.8) is 0 Å². The van der Waals surface area contributed by atoms with E-state index >= 15 is 0 Å². The van der Waals surface area contributed by atoms with E-state index in [0.717, 1.165) is 0 Å². The van der Waals surface area contributed by atoms with Crippen LogP contribution in [0.25, 0.3) is 0 Å². The van der Waals surface area contributed by atoms with Crippen LogP contribution in [0.15, 0.2) is 0 Å². The normalized spacial score (nSPS) is 22.5. The minimum atomic E-state index is -0.296. The summed E-state index contributed by atoms with van der Waals surface area (Å²) in [5, 5.41) is 0. The molecular weight excluding hydrogens is 103 g/mol. The van der Waals surface area contributed by atoms with Crippen molar-refractivity contribution >= 4 is 19.4 Å². The molecule has 0 spiro atoms. The van der Waals surface area contributed by atoms with Crippen molar-refractivity contribution in [2.75, 3.05) is 0 Å². The minimum absolute atomic E-state index is 0.106. The van der Waals surface area contributed by atoms with Crippen molar-refractivity contribution in [2.24, 2.45) is 0 Å². The Balaban J connectivity index is 2.70. The van der Waals surface area contributed by atoms with Gasteiger partial charge in [0, 0.05) is 18.7 Å². The number of hydrogen-bond donors (Lipinski definition) is 0. The highest BCUT2D eigenvalue weighted by Gasteiger charge is 2.27. The van der Waals surface area contributed by atoms with Crippen molar-refractivity contribution < 1.29 is 9.59 Å². The molecule has 2 nitrogen and oxygen atoms in total. The molecule has 0 unspecified atom stereocenters. The van der Waals surface area contributed by atoms with Crippen molar-refractivity contribution in [1.82, 2.24) is 0 Å². The second-order valence-electron chi connectivity index (χ2n) is 2.15. The quantitative estimate of drug-likeness (QED) is 0.306. The topological polar surface area (TPSA) is 34.1 Å². The Kier molecular flexibility index (Phi) is 1.20. The van der Waals surface area contributed by atoms with E-state index in [1.807, 2.05) is 0 Å². The van der Waals surface area contributed by atoms with E-state index in [9.17, 15) is 9.59 Å². The van der Waals surface area contributed by atoms with Gasteiger partial charge in [-0.1, -0.05) is 0 Å². The number of Topliss-reactive ketones (excluding diaryl/α,β-unsaturated/α-hetero) is 2. The molecule has 1 rings (SSSR count). The van der Waals surface area contributed by atoms with Gasteiger partial charge in [0.25, 0.3) is 0 Å². The van der Waals surface area contributed by atoms with Crippen molar-refractivity contribution in [3.05, 3.63) is 0 Å². The number of carbonyl (C=O) groups excluding carboxylic acids is 2. The molecule has 0 aromatic carbocycles. The first kappa shape index (κ1) is 5.54. The molecule has 1 aliphatic carbocycles. The first-order valence-corrected chi connectivity index (χ1v) is 2.77. The molecule has 42 valence electrons. The smallest absolute Gasteiger partial charge is 0.135 e. The largest absolute Gasteiger partial charge is 0.300 e. The van der Waals surface area contributed by atoms with Gasteiger partial charge in [-0.05, 0) is 0 Å². The van der Waals surface area contributed by atoms with Crippen LogP contribution < -0.4 is 0 Å². The molecule has 0 aliphatic heterocycles. The lowest BCUT2D eigenvalue weighted by Crippen LogP contribution is -2.05. The fourth-order valence-electron chi connectivity index (χ4n) is 0.859. The summed E-state index contributed by atoms with van der Waals surface area (Å²) in [6.45, 7) is 0. The van der Waals surface area contributed by atoms with E-state index < -0.39 is 0 Å². The molecule has 1 saturated carbocycles. The Hall–Kier alpha value is -0.595. The van der Waals surface area contributed by atoms with E-state index in [0.29, 0.717) is 12.8 Å². The Labute approximate surface area is 48.7 Å². The first-order valence-electron chi connectivity index (χ1n) is 2.77. The van der Waals surface area contributed by atoms with Gasteiger partial charge < -0.3 is 0 Å². The zero-order chi connectivity index (χ0) is 6.15. The summed E-state index contributed by atoms with van der Waals surface area (Å²) in [4.78, 5) is 21.1. The average molecular weight is 110 g/mol. The van der Waals surface area contributed by atoms with E-state index in [2.05, 4.69) is 0 Å². The molecule has 0 atom stereocenters. The fraction of sp³-hybridized carbons (Fsp3) is 0.600. The summed E-state index contributed by atoms with van der Waals surface area (Å²) in [6.07, 6.45) is 0.944. The maximum atomic E-state index is 10.6. The highest BCUT2D eigenvalue weighted by Crippen LogP contribution is 2.18. The lowest BCUT2D eigenvalue weighted by Gasteiger charge is -1.90. The van der Waals surface area contributed by atoms with Gasteiger partial charge in [-0.25, -0.2) is 0 Å². The molecule has 0 saturated heterocycles. The predicted molar refractivity (Wildman–Crippen MR) is 31.5 cm³/mol. The molecule has 0 heterocycles. The third kappa shape index (κ3) is 0.682. The molecule has 0 bridgehead atoms. The number of ketones is 2.